The fourth-order valence-corrected chi connectivity index (χ4v) is 3.20. The molecule has 1 aliphatic rings. The van der Waals surface area contributed by atoms with E-state index in [0.717, 1.165) is 23.2 Å². The fraction of sp³-hybridized carbons (Fsp3) is 0.545. The van der Waals surface area contributed by atoms with Crippen molar-refractivity contribution in [3.63, 3.8) is 0 Å². The molecule has 1 aliphatic carbocycles. The third-order valence-corrected chi connectivity index (χ3v) is 4.53. The Labute approximate surface area is 108 Å². The molecule has 1 heterocycles. The molecule has 0 bridgehead atoms. The second-order valence-corrected chi connectivity index (χ2v) is 6.75. The van der Waals surface area contributed by atoms with Crippen molar-refractivity contribution in [2.75, 3.05) is 13.6 Å². The minimum atomic E-state index is -0.122. The van der Waals surface area contributed by atoms with Crippen molar-refractivity contribution in [1.82, 2.24) is 10.6 Å². The van der Waals surface area contributed by atoms with Gasteiger partial charge in [0, 0.05) is 11.4 Å². The van der Waals surface area contributed by atoms with E-state index < -0.39 is 0 Å². The minimum absolute atomic E-state index is 0.122. The van der Waals surface area contributed by atoms with Crippen LogP contribution in [0, 0.1) is 5.41 Å². The largest absolute Gasteiger partial charge is 0.351 e. The van der Waals surface area contributed by atoms with Gasteiger partial charge >= 0.3 is 0 Å². The smallest absolute Gasteiger partial charge is 0.227 e. The van der Waals surface area contributed by atoms with E-state index in [9.17, 15) is 4.79 Å². The first kappa shape index (κ1) is 12.1. The van der Waals surface area contributed by atoms with E-state index in [1.165, 1.54) is 4.88 Å². The van der Waals surface area contributed by atoms with Crippen molar-refractivity contribution < 1.29 is 4.79 Å². The highest BCUT2D eigenvalue weighted by molar-refractivity contribution is 9.11. The molecule has 0 aromatic carbocycles. The van der Waals surface area contributed by atoms with Crippen LogP contribution in [0.3, 0.4) is 0 Å². The van der Waals surface area contributed by atoms with Gasteiger partial charge in [-0.25, -0.2) is 0 Å². The molecular weight excluding hydrogens is 288 g/mol. The zero-order valence-corrected chi connectivity index (χ0v) is 11.6. The molecule has 3 nitrogen and oxygen atoms in total. The van der Waals surface area contributed by atoms with Crippen LogP contribution in [0.1, 0.15) is 17.7 Å². The van der Waals surface area contributed by atoms with Crippen molar-refractivity contribution in [1.29, 1.82) is 0 Å². The van der Waals surface area contributed by atoms with Crippen LogP contribution in [0.4, 0.5) is 0 Å². The maximum atomic E-state index is 11.9. The lowest BCUT2D eigenvalue weighted by molar-refractivity contribution is -0.126. The van der Waals surface area contributed by atoms with Crippen LogP contribution in [0.15, 0.2) is 15.9 Å². The van der Waals surface area contributed by atoms with Crippen molar-refractivity contribution in [3.8, 4) is 0 Å². The van der Waals surface area contributed by atoms with E-state index in [1.54, 1.807) is 11.3 Å². The van der Waals surface area contributed by atoms with Crippen molar-refractivity contribution in [3.05, 3.63) is 20.8 Å². The highest BCUT2D eigenvalue weighted by Crippen LogP contribution is 2.45. The maximum Gasteiger partial charge on any atom is 0.227 e. The molecule has 88 valence electrons. The first-order valence-corrected chi connectivity index (χ1v) is 6.94. The van der Waals surface area contributed by atoms with E-state index in [4.69, 9.17) is 0 Å². The molecule has 1 saturated carbocycles. The van der Waals surface area contributed by atoms with E-state index >= 15 is 0 Å². The number of rotatable bonds is 5. The number of carbonyl (C=O) groups is 1. The molecule has 5 heteroatoms. The molecule has 0 radical (unpaired) electrons. The second-order valence-electron chi connectivity index (χ2n) is 4.20. The summed E-state index contributed by atoms with van der Waals surface area (Å²) in [7, 11) is 1.89. The lowest BCUT2D eigenvalue weighted by atomic mass is 10.1. The molecule has 1 aromatic rings. The van der Waals surface area contributed by atoms with E-state index in [0.29, 0.717) is 6.54 Å². The molecule has 2 rings (SSSR count). The standard InChI is InChI=1S/C11H15BrN2OS/c1-13-7-11(4-5-11)10(15)14-6-8-2-3-9(12)16-8/h2-3,13H,4-7H2,1H3,(H,14,15). The zero-order valence-electron chi connectivity index (χ0n) is 9.18. The topological polar surface area (TPSA) is 41.1 Å². The Morgan fingerprint density at radius 3 is 2.81 bits per heavy atom. The van der Waals surface area contributed by atoms with Crippen molar-refractivity contribution >= 4 is 33.2 Å². The minimum Gasteiger partial charge on any atom is -0.351 e. The lowest BCUT2D eigenvalue weighted by Crippen LogP contribution is -2.37. The summed E-state index contributed by atoms with van der Waals surface area (Å²) in [5, 5.41) is 6.10. The van der Waals surface area contributed by atoms with Gasteiger partial charge < -0.3 is 10.6 Å². The van der Waals surface area contributed by atoms with Gasteiger partial charge in [0.2, 0.25) is 5.91 Å². The Hall–Kier alpha value is -0.390. The molecular formula is C11H15BrN2OS. The Bertz CT molecular complexity index is 387. The Morgan fingerprint density at radius 2 is 2.31 bits per heavy atom. The average Bonchev–Trinajstić information content (AvgIpc) is 2.92. The van der Waals surface area contributed by atoms with Crippen LogP contribution in [-0.2, 0) is 11.3 Å². The number of hydrogen-bond acceptors (Lipinski definition) is 3. The van der Waals surface area contributed by atoms with Gasteiger partial charge in [-0.2, -0.15) is 0 Å². The Kier molecular flexibility index (Phi) is 3.66. The van der Waals surface area contributed by atoms with Gasteiger partial charge in [0.25, 0.3) is 0 Å². The van der Waals surface area contributed by atoms with Crippen LogP contribution in [-0.4, -0.2) is 19.5 Å². The summed E-state index contributed by atoms with van der Waals surface area (Å²) in [6, 6.07) is 4.04. The van der Waals surface area contributed by atoms with E-state index in [1.807, 2.05) is 19.2 Å². The summed E-state index contributed by atoms with van der Waals surface area (Å²) in [6.45, 7) is 1.42. The van der Waals surface area contributed by atoms with Crippen LogP contribution < -0.4 is 10.6 Å². The van der Waals surface area contributed by atoms with Gasteiger partial charge in [-0.05, 0) is 48.0 Å². The summed E-state index contributed by atoms with van der Waals surface area (Å²) in [4.78, 5) is 13.1. The fourth-order valence-electron chi connectivity index (χ4n) is 1.78. The highest BCUT2D eigenvalue weighted by Gasteiger charge is 2.48. The van der Waals surface area contributed by atoms with Gasteiger partial charge in [0.05, 0.1) is 15.7 Å². The van der Waals surface area contributed by atoms with Crippen LogP contribution in [0.5, 0.6) is 0 Å². The number of carbonyl (C=O) groups excluding carboxylic acids is 1. The molecule has 0 saturated heterocycles. The normalized spacial score (nSPS) is 17.1. The lowest BCUT2D eigenvalue weighted by Gasteiger charge is -2.13. The molecule has 0 spiro atoms. The third-order valence-electron chi connectivity index (χ3n) is 2.90. The predicted octanol–water partition coefficient (Wildman–Crippen LogP) is 2.13. The average molecular weight is 303 g/mol. The first-order valence-electron chi connectivity index (χ1n) is 5.33. The molecule has 16 heavy (non-hydrogen) atoms. The molecule has 1 amide bonds. The second kappa shape index (κ2) is 4.85. The predicted molar refractivity (Wildman–Crippen MR) is 69.5 cm³/mol. The number of halogens is 1. The molecule has 2 N–H and O–H groups in total. The van der Waals surface area contributed by atoms with Gasteiger partial charge in [0.1, 0.15) is 0 Å². The molecule has 1 aromatic heterocycles. The summed E-state index contributed by atoms with van der Waals surface area (Å²) in [6.07, 6.45) is 2.02. The van der Waals surface area contributed by atoms with Crippen LogP contribution >= 0.6 is 27.3 Å². The van der Waals surface area contributed by atoms with Crippen molar-refractivity contribution in [2.45, 2.75) is 19.4 Å². The van der Waals surface area contributed by atoms with Gasteiger partial charge in [-0.3, -0.25) is 4.79 Å². The maximum absolute atomic E-state index is 11.9. The number of hydrogen-bond donors (Lipinski definition) is 2. The Balaban J connectivity index is 1.84. The van der Waals surface area contributed by atoms with Gasteiger partial charge in [-0.1, -0.05) is 0 Å². The summed E-state index contributed by atoms with van der Waals surface area (Å²) in [5.41, 5.74) is -0.122. The molecule has 0 atom stereocenters. The van der Waals surface area contributed by atoms with Crippen molar-refractivity contribution in [2.24, 2.45) is 5.41 Å². The molecule has 0 unspecified atom stereocenters. The highest BCUT2D eigenvalue weighted by atomic mass is 79.9. The molecule has 1 fully saturated rings. The van der Waals surface area contributed by atoms with Gasteiger partial charge in [0.15, 0.2) is 0 Å². The number of amides is 1. The van der Waals surface area contributed by atoms with E-state index in [-0.39, 0.29) is 11.3 Å². The third kappa shape index (κ3) is 2.64. The monoisotopic (exact) mass is 302 g/mol. The summed E-state index contributed by atoms with van der Waals surface area (Å²) < 4.78 is 1.10. The number of nitrogens with one attached hydrogen (secondary N) is 2. The zero-order chi connectivity index (χ0) is 11.6. The van der Waals surface area contributed by atoms with Crippen LogP contribution in [0.2, 0.25) is 0 Å². The summed E-state index contributed by atoms with van der Waals surface area (Å²) in [5.74, 6) is 0.186. The quantitative estimate of drug-likeness (QED) is 0.875. The summed E-state index contributed by atoms with van der Waals surface area (Å²) >= 11 is 5.07. The SMILES string of the molecule is CNCC1(C(=O)NCc2ccc(Br)s2)CC1. The van der Waals surface area contributed by atoms with E-state index in [2.05, 4.69) is 26.6 Å². The van der Waals surface area contributed by atoms with Gasteiger partial charge in [-0.15, -0.1) is 11.3 Å². The first-order chi connectivity index (χ1) is 7.66. The van der Waals surface area contributed by atoms with Crippen LogP contribution in [0.25, 0.3) is 0 Å². The Morgan fingerprint density at radius 1 is 1.56 bits per heavy atom. The number of thiophene rings is 1. The molecule has 0 aliphatic heterocycles.